The summed E-state index contributed by atoms with van der Waals surface area (Å²) in [7, 11) is 0. The van der Waals surface area contributed by atoms with Gasteiger partial charge in [0.1, 0.15) is 11.6 Å². The molecular formula is C11H15N7. The van der Waals surface area contributed by atoms with Crippen molar-refractivity contribution in [3.63, 3.8) is 0 Å². The summed E-state index contributed by atoms with van der Waals surface area (Å²) < 4.78 is 0. The van der Waals surface area contributed by atoms with E-state index >= 15 is 0 Å². The normalized spacial score (nSPS) is 10.1. The van der Waals surface area contributed by atoms with Crippen LogP contribution in [0.15, 0.2) is 30.6 Å². The Kier molecular flexibility index (Phi) is 3.87. The largest absolute Gasteiger partial charge is 0.370 e. The van der Waals surface area contributed by atoms with Crippen molar-refractivity contribution >= 4 is 17.6 Å². The Morgan fingerprint density at radius 2 is 2.06 bits per heavy atom. The van der Waals surface area contributed by atoms with Crippen LogP contribution in [-0.4, -0.2) is 21.5 Å². The van der Waals surface area contributed by atoms with Gasteiger partial charge < -0.3 is 16.5 Å². The number of nitrogens with one attached hydrogen (secondary N) is 2. The molecule has 0 aromatic carbocycles. The van der Waals surface area contributed by atoms with E-state index in [9.17, 15) is 0 Å². The molecule has 0 aliphatic rings. The maximum Gasteiger partial charge on any atom is 0.223 e. The highest BCUT2D eigenvalue weighted by molar-refractivity contribution is 5.50. The molecule has 0 atom stereocenters. The maximum atomic E-state index is 5.55. The molecule has 18 heavy (non-hydrogen) atoms. The summed E-state index contributed by atoms with van der Waals surface area (Å²) in [6.45, 7) is 0.728. The lowest BCUT2D eigenvalue weighted by Gasteiger charge is -2.07. The number of pyridine rings is 1. The van der Waals surface area contributed by atoms with Gasteiger partial charge in [-0.15, -0.1) is 0 Å². The van der Waals surface area contributed by atoms with Gasteiger partial charge in [0.05, 0.1) is 0 Å². The number of rotatable bonds is 5. The van der Waals surface area contributed by atoms with Crippen LogP contribution in [0.5, 0.6) is 0 Å². The highest BCUT2D eigenvalue weighted by atomic mass is 15.3. The Hall–Kier alpha value is -2.41. The summed E-state index contributed by atoms with van der Waals surface area (Å²) in [5.41, 5.74) is 9.14. The Balaban J connectivity index is 1.92. The quantitative estimate of drug-likeness (QED) is 0.445. The summed E-state index contributed by atoms with van der Waals surface area (Å²) >= 11 is 0. The summed E-state index contributed by atoms with van der Waals surface area (Å²) in [4.78, 5) is 12.0. The number of aromatic nitrogens is 3. The van der Waals surface area contributed by atoms with Crippen LogP contribution in [-0.2, 0) is 6.42 Å². The fraction of sp³-hybridized carbons (Fsp3) is 0.182. The molecule has 2 rings (SSSR count). The molecule has 0 aliphatic carbocycles. The van der Waals surface area contributed by atoms with E-state index < -0.39 is 0 Å². The van der Waals surface area contributed by atoms with Gasteiger partial charge in [-0.1, -0.05) is 6.07 Å². The van der Waals surface area contributed by atoms with Crippen LogP contribution >= 0.6 is 0 Å². The number of anilines is 3. The van der Waals surface area contributed by atoms with E-state index in [0.717, 1.165) is 18.5 Å². The molecule has 0 bridgehead atoms. The van der Waals surface area contributed by atoms with Crippen molar-refractivity contribution in [1.29, 1.82) is 0 Å². The molecule has 0 spiro atoms. The zero-order valence-electron chi connectivity index (χ0n) is 9.80. The van der Waals surface area contributed by atoms with E-state index in [1.54, 1.807) is 12.3 Å². The average Bonchev–Trinajstić information content (AvgIpc) is 2.39. The Labute approximate surface area is 105 Å². The predicted molar refractivity (Wildman–Crippen MR) is 70.7 cm³/mol. The van der Waals surface area contributed by atoms with Crippen LogP contribution < -0.4 is 22.3 Å². The van der Waals surface area contributed by atoms with Gasteiger partial charge in [0, 0.05) is 25.0 Å². The number of hydrazine groups is 1. The number of nitrogen functional groups attached to an aromatic ring is 2. The molecule has 0 fully saturated rings. The van der Waals surface area contributed by atoms with Gasteiger partial charge in [-0.05, 0) is 18.1 Å². The predicted octanol–water partition coefficient (Wildman–Crippen LogP) is 0.394. The van der Waals surface area contributed by atoms with E-state index in [4.69, 9.17) is 11.6 Å². The second kappa shape index (κ2) is 5.78. The van der Waals surface area contributed by atoms with Gasteiger partial charge in [0.15, 0.2) is 0 Å². The van der Waals surface area contributed by atoms with Gasteiger partial charge in [-0.3, -0.25) is 4.98 Å². The Bertz CT molecular complexity index is 500. The lowest BCUT2D eigenvalue weighted by Crippen LogP contribution is -2.13. The molecule has 7 nitrogen and oxygen atoms in total. The maximum absolute atomic E-state index is 5.55. The molecule has 6 N–H and O–H groups in total. The zero-order chi connectivity index (χ0) is 12.8. The van der Waals surface area contributed by atoms with Crippen molar-refractivity contribution in [3.05, 3.63) is 36.2 Å². The molecule has 7 heteroatoms. The minimum absolute atomic E-state index is 0.175. The minimum atomic E-state index is 0.175. The van der Waals surface area contributed by atoms with Crippen LogP contribution in [0.3, 0.4) is 0 Å². The summed E-state index contributed by atoms with van der Waals surface area (Å²) in [5.74, 6) is 6.57. The highest BCUT2D eigenvalue weighted by Gasteiger charge is 2.00. The minimum Gasteiger partial charge on any atom is -0.370 e. The van der Waals surface area contributed by atoms with E-state index in [1.165, 1.54) is 0 Å². The fourth-order valence-electron chi connectivity index (χ4n) is 1.51. The number of nitrogens with two attached hydrogens (primary N) is 2. The number of hydrogen-bond donors (Lipinski definition) is 4. The van der Waals surface area contributed by atoms with Crippen molar-refractivity contribution in [1.82, 2.24) is 15.0 Å². The van der Waals surface area contributed by atoms with Crippen LogP contribution in [0.2, 0.25) is 0 Å². The molecular weight excluding hydrogens is 230 g/mol. The van der Waals surface area contributed by atoms with Crippen LogP contribution in [0.25, 0.3) is 0 Å². The van der Waals surface area contributed by atoms with E-state index in [-0.39, 0.29) is 5.95 Å². The SMILES string of the molecule is NNc1cc(NCCc2cccnc2)nc(N)n1. The van der Waals surface area contributed by atoms with Crippen LogP contribution in [0.4, 0.5) is 17.6 Å². The van der Waals surface area contributed by atoms with Crippen molar-refractivity contribution in [2.24, 2.45) is 5.84 Å². The van der Waals surface area contributed by atoms with Gasteiger partial charge in [0.25, 0.3) is 0 Å². The van der Waals surface area contributed by atoms with Crippen molar-refractivity contribution < 1.29 is 0 Å². The average molecular weight is 245 g/mol. The van der Waals surface area contributed by atoms with Crippen LogP contribution in [0.1, 0.15) is 5.56 Å². The van der Waals surface area contributed by atoms with Gasteiger partial charge in [0.2, 0.25) is 5.95 Å². The molecule has 2 aromatic rings. The topological polar surface area (TPSA) is 115 Å². The first-order chi connectivity index (χ1) is 8.78. The fourth-order valence-corrected chi connectivity index (χ4v) is 1.51. The molecule has 0 amide bonds. The van der Waals surface area contributed by atoms with Crippen LogP contribution in [0, 0.1) is 0 Å². The summed E-state index contributed by atoms with van der Waals surface area (Å²) in [6.07, 6.45) is 4.44. The van der Waals surface area contributed by atoms with Gasteiger partial charge in [-0.25, -0.2) is 5.84 Å². The molecule has 0 aliphatic heterocycles. The summed E-state index contributed by atoms with van der Waals surface area (Å²) in [6, 6.07) is 5.63. The lowest BCUT2D eigenvalue weighted by molar-refractivity contribution is 0.989. The molecule has 0 unspecified atom stereocenters. The second-order valence-corrected chi connectivity index (χ2v) is 3.68. The Morgan fingerprint density at radius 3 is 2.78 bits per heavy atom. The van der Waals surface area contributed by atoms with Crippen molar-refractivity contribution in [2.75, 3.05) is 23.0 Å². The number of nitrogens with zero attached hydrogens (tertiary/aromatic N) is 3. The van der Waals surface area contributed by atoms with E-state index in [2.05, 4.69) is 25.7 Å². The third kappa shape index (κ3) is 3.29. The molecule has 0 saturated carbocycles. The first-order valence-corrected chi connectivity index (χ1v) is 5.52. The van der Waals surface area contributed by atoms with E-state index in [1.807, 2.05) is 18.3 Å². The van der Waals surface area contributed by atoms with E-state index in [0.29, 0.717) is 11.6 Å². The van der Waals surface area contributed by atoms with Gasteiger partial charge >= 0.3 is 0 Å². The standard InChI is InChI=1S/C11H15N7/c12-11-16-9(6-10(17-11)18-13)15-5-3-8-2-1-4-14-7-8/h1-2,4,6-7H,3,5,13H2,(H4,12,15,16,17,18). The summed E-state index contributed by atoms with van der Waals surface area (Å²) in [5, 5.41) is 3.15. The highest BCUT2D eigenvalue weighted by Crippen LogP contribution is 2.11. The van der Waals surface area contributed by atoms with Gasteiger partial charge in [-0.2, -0.15) is 9.97 Å². The third-order valence-electron chi connectivity index (χ3n) is 2.33. The smallest absolute Gasteiger partial charge is 0.223 e. The third-order valence-corrected chi connectivity index (χ3v) is 2.33. The Morgan fingerprint density at radius 1 is 1.22 bits per heavy atom. The molecule has 0 saturated heterocycles. The second-order valence-electron chi connectivity index (χ2n) is 3.68. The monoisotopic (exact) mass is 245 g/mol. The zero-order valence-corrected chi connectivity index (χ0v) is 9.80. The van der Waals surface area contributed by atoms with Crippen molar-refractivity contribution in [3.8, 4) is 0 Å². The first-order valence-electron chi connectivity index (χ1n) is 5.52. The first kappa shape index (κ1) is 12.1. The molecule has 94 valence electrons. The lowest BCUT2D eigenvalue weighted by atomic mass is 10.2. The molecule has 2 heterocycles. The number of hydrogen-bond acceptors (Lipinski definition) is 7. The molecule has 0 radical (unpaired) electrons. The van der Waals surface area contributed by atoms with Crippen molar-refractivity contribution in [2.45, 2.75) is 6.42 Å². The molecule has 2 aromatic heterocycles.